The third-order valence-electron chi connectivity index (χ3n) is 3.93. The molecule has 5 heteroatoms. The molecule has 0 amide bonds. The number of nitrogens with zero attached hydrogens (tertiary/aromatic N) is 1. The normalized spacial score (nSPS) is 17.6. The van der Waals surface area contributed by atoms with E-state index in [1.165, 1.54) is 7.11 Å². The second kappa shape index (κ2) is 5.93. The van der Waals surface area contributed by atoms with E-state index in [-0.39, 0.29) is 17.5 Å². The Morgan fingerprint density at radius 1 is 1.43 bits per heavy atom. The Labute approximate surface area is 125 Å². The van der Waals surface area contributed by atoms with Crippen LogP contribution in [0.4, 0.5) is 0 Å². The van der Waals surface area contributed by atoms with E-state index < -0.39 is 0 Å². The van der Waals surface area contributed by atoms with Crippen molar-refractivity contribution in [3.63, 3.8) is 0 Å². The highest BCUT2D eigenvalue weighted by Crippen LogP contribution is 2.46. The summed E-state index contributed by atoms with van der Waals surface area (Å²) in [5, 5.41) is 10.4. The zero-order valence-corrected chi connectivity index (χ0v) is 13.3. The molecular formula is C16H23NO4. The fourth-order valence-corrected chi connectivity index (χ4v) is 2.75. The number of rotatable bonds is 4. The van der Waals surface area contributed by atoms with Crippen molar-refractivity contribution in [3.05, 3.63) is 16.7 Å². The predicted octanol–water partition coefficient (Wildman–Crippen LogP) is 2.37. The van der Waals surface area contributed by atoms with Crippen LogP contribution in [0.3, 0.4) is 0 Å². The first-order valence-corrected chi connectivity index (χ1v) is 7.16. The summed E-state index contributed by atoms with van der Waals surface area (Å²) < 4.78 is 11.2. The van der Waals surface area contributed by atoms with Gasteiger partial charge in [0.15, 0.2) is 5.78 Å². The monoisotopic (exact) mass is 293 g/mol. The quantitative estimate of drug-likeness (QED) is 0.923. The molecule has 0 saturated carbocycles. The van der Waals surface area contributed by atoms with Crippen molar-refractivity contribution in [2.24, 2.45) is 5.92 Å². The molecule has 2 rings (SSSR count). The number of methoxy groups -OCH3 is 1. The third-order valence-corrected chi connectivity index (χ3v) is 3.93. The number of carbonyl (C=O) groups is 1. The Kier molecular flexibility index (Phi) is 4.42. The minimum absolute atomic E-state index is 0.0405. The Balaban J connectivity index is 2.70. The van der Waals surface area contributed by atoms with E-state index in [1.54, 1.807) is 6.92 Å². The molecule has 1 aliphatic rings. The van der Waals surface area contributed by atoms with Crippen LogP contribution in [0.25, 0.3) is 0 Å². The van der Waals surface area contributed by atoms with Gasteiger partial charge in [-0.2, -0.15) is 0 Å². The van der Waals surface area contributed by atoms with E-state index in [0.717, 1.165) is 6.42 Å². The molecule has 1 aromatic carbocycles. The van der Waals surface area contributed by atoms with Gasteiger partial charge in [0.05, 0.1) is 25.2 Å². The predicted molar refractivity (Wildman–Crippen MR) is 80.4 cm³/mol. The fourth-order valence-electron chi connectivity index (χ4n) is 2.75. The Bertz CT molecular complexity index is 566. The van der Waals surface area contributed by atoms with Crippen molar-refractivity contribution in [1.82, 2.24) is 4.90 Å². The molecule has 1 atom stereocenters. The smallest absolute Gasteiger partial charge is 0.176 e. The number of ether oxygens (including phenoxy) is 2. The van der Waals surface area contributed by atoms with Gasteiger partial charge in [0.2, 0.25) is 0 Å². The molecular weight excluding hydrogens is 270 g/mol. The lowest BCUT2D eigenvalue weighted by atomic mass is 9.88. The van der Waals surface area contributed by atoms with Crippen LogP contribution in [0, 0.1) is 12.8 Å². The highest BCUT2D eigenvalue weighted by atomic mass is 16.5. The first-order valence-electron chi connectivity index (χ1n) is 7.16. The maximum absolute atomic E-state index is 12.7. The third kappa shape index (κ3) is 2.58. The van der Waals surface area contributed by atoms with Crippen molar-refractivity contribution in [2.75, 3.05) is 27.8 Å². The van der Waals surface area contributed by atoms with Crippen molar-refractivity contribution in [3.8, 4) is 17.2 Å². The standard InChI is InChI=1S/C16H23NO4/c1-6-10-8-21-16-11(7-17(3)4)13(18)9(2)15(20-5)12(16)14(10)19/h10,18H,6-8H2,1-5H3. The van der Waals surface area contributed by atoms with Crippen molar-refractivity contribution in [1.29, 1.82) is 0 Å². The summed E-state index contributed by atoms with van der Waals surface area (Å²) in [5.41, 5.74) is 1.71. The lowest BCUT2D eigenvalue weighted by Crippen LogP contribution is -2.29. The molecule has 0 spiro atoms. The van der Waals surface area contributed by atoms with Crippen LogP contribution in [0.5, 0.6) is 17.2 Å². The molecule has 1 N–H and O–H groups in total. The second-order valence-corrected chi connectivity index (χ2v) is 5.71. The number of phenols is 1. The average Bonchev–Trinajstić information content (AvgIpc) is 2.45. The minimum Gasteiger partial charge on any atom is -0.507 e. The number of benzene rings is 1. The van der Waals surface area contributed by atoms with Gasteiger partial charge in [-0.3, -0.25) is 4.79 Å². The molecule has 0 aliphatic carbocycles. The number of ketones is 1. The molecule has 1 aliphatic heterocycles. The van der Waals surface area contributed by atoms with Crippen molar-refractivity contribution < 1.29 is 19.4 Å². The number of aromatic hydroxyl groups is 1. The van der Waals surface area contributed by atoms with Gasteiger partial charge in [-0.1, -0.05) is 6.92 Å². The summed E-state index contributed by atoms with van der Waals surface area (Å²) in [6.45, 7) is 4.59. The highest BCUT2D eigenvalue weighted by molar-refractivity contribution is 6.05. The highest BCUT2D eigenvalue weighted by Gasteiger charge is 2.35. The first kappa shape index (κ1) is 15.6. The van der Waals surface area contributed by atoms with Gasteiger partial charge < -0.3 is 19.5 Å². The fraction of sp³-hybridized carbons (Fsp3) is 0.562. The van der Waals surface area contributed by atoms with Gasteiger partial charge in [-0.25, -0.2) is 0 Å². The van der Waals surface area contributed by atoms with E-state index in [0.29, 0.717) is 41.3 Å². The molecule has 0 fully saturated rings. The Hall–Kier alpha value is -1.75. The van der Waals surface area contributed by atoms with E-state index in [9.17, 15) is 9.90 Å². The van der Waals surface area contributed by atoms with E-state index >= 15 is 0 Å². The molecule has 1 unspecified atom stereocenters. The molecule has 116 valence electrons. The summed E-state index contributed by atoms with van der Waals surface area (Å²) in [5.74, 6) is 0.926. The molecule has 0 aromatic heterocycles. The van der Waals surface area contributed by atoms with Gasteiger partial charge in [0, 0.05) is 12.1 Å². The molecule has 21 heavy (non-hydrogen) atoms. The van der Waals surface area contributed by atoms with Gasteiger partial charge in [-0.05, 0) is 27.4 Å². The summed E-state index contributed by atoms with van der Waals surface area (Å²) in [6, 6.07) is 0. The van der Waals surface area contributed by atoms with E-state index in [2.05, 4.69) is 0 Å². The molecule has 0 radical (unpaired) electrons. The number of fused-ring (bicyclic) bond motifs is 1. The van der Waals surface area contributed by atoms with Gasteiger partial charge in [-0.15, -0.1) is 0 Å². The van der Waals surface area contributed by atoms with E-state index in [1.807, 2.05) is 25.9 Å². The number of hydrogen-bond donors (Lipinski definition) is 1. The molecule has 0 bridgehead atoms. The minimum atomic E-state index is -0.150. The number of Topliss-reactive ketones (excluding diaryl/α,β-unsaturated/α-hetero) is 1. The zero-order chi connectivity index (χ0) is 15.7. The van der Waals surface area contributed by atoms with Crippen molar-refractivity contribution in [2.45, 2.75) is 26.8 Å². The summed E-state index contributed by atoms with van der Waals surface area (Å²) >= 11 is 0. The van der Waals surface area contributed by atoms with Crippen LogP contribution < -0.4 is 9.47 Å². The second-order valence-electron chi connectivity index (χ2n) is 5.71. The van der Waals surface area contributed by atoms with Crippen LogP contribution in [-0.2, 0) is 6.54 Å². The zero-order valence-electron chi connectivity index (χ0n) is 13.3. The van der Waals surface area contributed by atoms with Crippen LogP contribution in [0.15, 0.2) is 0 Å². The Morgan fingerprint density at radius 2 is 2.10 bits per heavy atom. The van der Waals surface area contributed by atoms with Crippen molar-refractivity contribution >= 4 is 5.78 Å². The lowest BCUT2D eigenvalue weighted by Gasteiger charge is -2.29. The largest absolute Gasteiger partial charge is 0.507 e. The summed E-state index contributed by atoms with van der Waals surface area (Å²) in [7, 11) is 5.33. The van der Waals surface area contributed by atoms with Gasteiger partial charge in [0.1, 0.15) is 22.8 Å². The van der Waals surface area contributed by atoms with Gasteiger partial charge >= 0.3 is 0 Å². The van der Waals surface area contributed by atoms with Crippen LogP contribution in [-0.4, -0.2) is 43.6 Å². The molecule has 1 heterocycles. The van der Waals surface area contributed by atoms with Crippen LogP contribution >= 0.6 is 0 Å². The average molecular weight is 293 g/mol. The number of hydrogen-bond acceptors (Lipinski definition) is 5. The molecule has 0 saturated heterocycles. The first-order chi connectivity index (χ1) is 9.92. The van der Waals surface area contributed by atoms with Gasteiger partial charge in [0.25, 0.3) is 0 Å². The maximum Gasteiger partial charge on any atom is 0.176 e. The van der Waals surface area contributed by atoms with Crippen LogP contribution in [0.1, 0.15) is 34.8 Å². The molecule has 5 nitrogen and oxygen atoms in total. The van der Waals surface area contributed by atoms with E-state index in [4.69, 9.17) is 9.47 Å². The topological polar surface area (TPSA) is 59.0 Å². The molecule has 1 aromatic rings. The summed E-state index contributed by atoms with van der Waals surface area (Å²) in [4.78, 5) is 14.6. The lowest BCUT2D eigenvalue weighted by molar-refractivity contribution is 0.0818. The number of carbonyl (C=O) groups excluding carboxylic acids is 1. The Morgan fingerprint density at radius 3 is 2.62 bits per heavy atom. The number of phenolic OH excluding ortho intramolecular Hbond substituents is 1. The SMILES string of the molecule is CCC1COc2c(CN(C)C)c(O)c(C)c(OC)c2C1=O. The van der Waals surface area contributed by atoms with Crippen LogP contribution in [0.2, 0.25) is 0 Å². The summed E-state index contributed by atoms with van der Waals surface area (Å²) in [6.07, 6.45) is 0.727. The maximum atomic E-state index is 12.7.